The van der Waals surface area contributed by atoms with Gasteiger partial charge in [-0.3, -0.25) is 0 Å². The van der Waals surface area contributed by atoms with Gasteiger partial charge < -0.3 is 9.15 Å². The van der Waals surface area contributed by atoms with Gasteiger partial charge in [0.1, 0.15) is 22.7 Å². The zero-order chi connectivity index (χ0) is 33.5. The Hall–Kier alpha value is -6.85. The quantitative estimate of drug-likeness (QED) is 0.190. The molecular weight excluding hydrogens is 627 g/mol. The highest BCUT2D eigenvalue weighted by Crippen LogP contribution is 2.64. The summed E-state index contributed by atoms with van der Waals surface area (Å²) >= 11 is 0. The van der Waals surface area contributed by atoms with Crippen molar-refractivity contribution in [1.29, 1.82) is 0 Å². The number of nitrogens with zero attached hydrogens (tertiary/aromatic N) is 3. The first-order valence-corrected chi connectivity index (χ1v) is 17.1. The molecule has 11 rings (SSSR count). The number of hydrogen-bond donors (Lipinski definition) is 0. The highest BCUT2D eigenvalue weighted by Gasteiger charge is 2.52. The molecule has 3 heterocycles. The standard InChI is InChI=1S/C46H27N3O2/c1-3-14-28(15-4-1)43-47-44(29-16-5-2-6-17-29)49-45(48-43)31-19-13-22-36-42(31)33-27-41-32(30-18-7-10-23-38(30)50-41)26-37(33)46(36)34-20-8-11-24-39(34)51-40-25-12-9-21-35(40)46/h1-27H. The van der Waals surface area contributed by atoms with E-state index in [0.29, 0.717) is 17.5 Å². The van der Waals surface area contributed by atoms with Gasteiger partial charge in [-0.2, -0.15) is 0 Å². The molecule has 1 aliphatic heterocycles. The van der Waals surface area contributed by atoms with Crippen LogP contribution in [0.15, 0.2) is 168 Å². The largest absolute Gasteiger partial charge is 0.457 e. The van der Waals surface area contributed by atoms with Crippen molar-refractivity contribution in [1.82, 2.24) is 15.0 Å². The maximum absolute atomic E-state index is 6.63. The van der Waals surface area contributed by atoms with Gasteiger partial charge in [0.2, 0.25) is 0 Å². The van der Waals surface area contributed by atoms with Gasteiger partial charge in [0.15, 0.2) is 17.5 Å². The van der Waals surface area contributed by atoms with Crippen molar-refractivity contribution in [2.75, 3.05) is 0 Å². The Morgan fingerprint density at radius 3 is 1.65 bits per heavy atom. The second-order valence-corrected chi connectivity index (χ2v) is 13.1. The van der Waals surface area contributed by atoms with Crippen molar-refractivity contribution in [3.8, 4) is 56.8 Å². The lowest BCUT2D eigenvalue weighted by atomic mass is 9.66. The van der Waals surface area contributed by atoms with E-state index < -0.39 is 5.41 Å². The first-order valence-electron chi connectivity index (χ1n) is 17.1. The van der Waals surface area contributed by atoms with Crippen LogP contribution in [0.5, 0.6) is 11.5 Å². The van der Waals surface area contributed by atoms with Crippen LogP contribution in [0.2, 0.25) is 0 Å². The summed E-state index contributed by atoms with van der Waals surface area (Å²) in [5, 5.41) is 2.17. The highest BCUT2D eigenvalue weighted by molar-refractivity contribution is 6.09. The van der Waals surface area contributed by atoms with E-state index in [1.807, 2.05) is 84.9 Å². The van der Waals surface area contributed by atoms with Gasteiger partial charge in [-0.15, -0.1) is 0 Å². The number of fused-ring (bicyclic) bond motifs is 12. The van der Waals surface area contributed by atoms with Gasteiger partial charge in [-0.05, 0) is 52.6 Å². The predicted molar refractivity (Wildman–Crippen MR) is 201 cm³/mol. The minimum atomic E-state index is -0.670. The molecule has 0 saturated heterocycles. The number of rotatable bonds is 3. The molecule has 7 aromatic carbocycles. The Labute approximate surface area is 293 Å². The second-order valence-electron chi connectivity index (χ2n) is 13.1. The van der Waals surface area contributed by atoms with Crippen molar-refractivity contribution in [3.05, 3.63) is 186 Å². The average Bonchev–Trinajstić information content (AvgIpc) is 3.71. The van der Waals surface area contributed by atoms with Gasteiger partial charge in [-0.25, -0.2) is 15.0 Å². The van der Waals surface area contributed by atoms with E-state index in [0.717, 1.165) is 77.9 Å². The van der Waals surface area contributed by atoms with E-state index in [4.69, 9.17) is 24.1 Å². The molecule has 0 fully saturated rings. The van der Waals surface area contributed by atoms with E-state index >= 15 is 0 Å². The monoisotopic (exact) mass is 653 g/mol. The normalized spacial score (nSPS) is 13.4. The van der Waals surface area contributed by atoms with Gasteiger partial charge in [0.25, 0.3) is 0 Å². The summed E-state index contributed by atoms with van der Waals surface area (Å²) in [7, 11) is 0. The van der Waals surface area contributed by atoms with Gasteiger partial charge in [0.05, 0.1) is 5.41 Å². The summed E-state index contributed by atoms with van der Waals surface area (Å²) in [6, 6.07) is 56.5. The molecule has 0 saturated carbocycles. The fourth-order valence-electron chi connectivity index (χ4n) is 8.28. The zero-order valence-electron chi connectivity index (χ0n) is 27.2. The Balaban J connectivity index is 1.28. The third kappa shape index (κ3) is 3.94. The molecule has 2 aliphatic rings. The first-order chi connectivity index (χ1) is 25.3. The molecule has 0 radical (unpaired) electrons. The van der Waals surface area contributed by atoms with Gasteiger partial charge >= 0.3 is 0 Å². The van der Waals surface area contributed by atoms with Gasteiger partial charge in [-0.1, -0.05) is 133 Å². The number of furan rings is 1. The Morgan fingerprint density at radius 1 is 0.392 bits per heavy atom. The molecule has 0 amide bonds. The maximum atomic E-state index is 6.63. The van der Waals surface area contributed by atoms with Crippen LogP contribution >= 0.6 is 0 Å². The summed E-state index contributed by atoms with van der Waals surface area (Å²) in [4.78, 5) is 15.4. The average molecular weight is 654 g/mol. The first kappa shape index (κ1) is 28.0. The summed E-state index contributed by atoms with van der Waals surface area (Å²) in [5.41, 5.74) is 10.5. The highest BCUT2D eigenvalue weighted by atomic mass is 16.5. The van der Waals surface area contributed by atoms with Crippen molar-refractivity contribution in [3.63, 3.8) is 0 Å². The van der Waals surface area contributed by atoms with Crippen LogP contribution in [0.25, 0.3) is 67.2 Å². The van der Waals surface area contributed by atoms with E-state index in [9.17, 15) is 0 Å². The van der Waals surface area contributed by atoms with Crippen LogP contribution in [0.4, 0.5) is 0 Å². The molecule has 1 aliphatic carbocycles. The van der Waals surface area contributed by atoms with E-state index in [2.05, 4.69) is 78.9 Å². The Bertz CT molecular complexity index is 2740. The van der Waals surface area contributed by atoms with Crippen LogP contribution in [0.3, 0.4) is 0 Å². The number of ether oxygens (including phenoxy) is 1. The number of aromatic nitrogens is 3. The molecule has 9 aromatic rings. The second kappa shape index (κ2) is 10.6. The van der Waals surface area contributed by atoms with Crippen LogP contribution < -0.4 is 4.74 Å². The summed E-state index contributed by atoms with van der Waals surface area (Å²) < 4.78 is 13.2. The number of hydrogen-bond acceptors (Lipinski definition) is 5. The fraction of sp³-hybridized carbons (Fsp3) is 0.0217. The van der Waals surface area contributed by atoms with Crippen molar-refractivity contribution in [2.45, 2.75) is 5.41 Å². The number of benzene rings is 7. The van der Waals surface area contributed by atoms with Gasteiger partial charge in [0, 0.05) is 38.6 Å². The van der Waals surface area contributed by atoms with Crippen molar-refractivity contribution < 1.29 is 9.15 Å². The Morgan fingerprint density at radius 2 is 0.961 bits per heavy atom. The zero-order valence-corrected chi connectivity index (χ0v) is 27.2. The topological polar surface area (TPSA) is 61.0 Å². The van der Waals surface area contributed by atoms with Crippen LogP contribution in [0.1, 0.15) is 22.3 Å². The molecule has 238 valence electrons. The lowest BCUT2D eigenvalue weighted by molar-refractivity contribution is 0.436. The Kier molecular flexibility index (Phi) is 5.81. The molecule has 0 N–H and O–H groups in total. The molecular formula is C46H27N3O2. The summed E-state index contributed by atoms with van der Waals surface area (Å²) in [5.74, 6) is 3.55. The summed E-state index contributed by atoms with van der Waals surface area (Å²) in [6.45, 7) is 0. The van der Waals surface area contributed by atoms with Crippen molar-refractivity contribution >= 4 is 21.9 Å². The third-order valence-corrected chi connectivity index (χ3v) is 10.4. The SMILES string of the molecule is c1ccc(-c2nc(-c3ccccc3)nc(-c3cccc4c3-c3cc5oc6ccccc6c5cc3C43c4ccccc4Oc4ccccc43)n2)cc1. The molecule has 0 unspecified atom stereocenters. The van der Waals surface area contributed by atoms with Crippen LogP contribution in [-0.2, 0) is 5.41 Å². The molecule has 5 heteroatoms. The maximum Gasteiger partial charge on any atom is 0.164 e. The number of para-hydroxylation sites is 3. The minimum Gasteiger partial charge on any atom is -0.457 e. The summed E-state index contributed by atoms with van der Waals surface area (Å²) in [6.07, 6.45) is 0. The van der Waals surface area contributed by atoms with E-state index in [1.165, 1.54) is 5.56 Å². The lowest BCUT2D eigenvalue weighted by Crippen LogP contribution is -2.32. The van der Waals surface area contributed by atoms with Crippen molar-refractivity contribution in [2.24, 2.45) is 0 Å². The van der Waals surface area contributed by atoms with E-state index in [1.54, 1.807) is 0 Å². The molecule has 0 bridgehead atoms. The minimum absolute atomic E-state index is 0.612. The molecule has 51 heavy (non-hydrogen) atoms. The predicted octanol–water partition coefficient (Wildman–Crippen LogP) is 11.2. The molecule has 1 spiro atoms. The van der Waals surface area contributed by atoms with Crippen LogP contribution in [-0.4, -0.2) is 15.0 Å². The third-order valence-electron chi connectivity index (χ3n) is 10.4. The lowest BCUT2D eigenvalue weighted by Gasteiger charge is -2.39. The van der Waals surface area contributed by atoms with E-state index in [-0.39, 0.29) is 0 Å². The smallest absolute Gasteiger partial charge is 0.164 e. The molecule has 0 atom stereocenters. The molecule has 2 aromatic heterocycles. The molecule has 5 nitrogen and oxygen atoms in total. The van der Waals surface area contributed by atoms with Crippen LogP contribution in [0, 0.1) is 0 Å². The fourth-order valence-corrected chi connectivity index (χ4v) is 8.28.